The van der Waals surface area contributed by atoms with Crippen LogP contribution in [0.5, 0.6) is 0 Å². The monoisotopic (exact) mass is 385 g/mol. The van der Waals surface area contributed by atoms with Gasteiger partial charge in [0.1, 0.15) is 11.4 Å². The summed E-state index contributed by atoms with van der Waals surface area (Å²) in [6.45, 7) is 9.57. The molecule has 3 unspecified atom stereocenters. The number of benzene rings is 1. The van der Waals surface area contributed by atoms with Crippen molar-refractivity contribution in [2.45, 2.75) is 51.3 Å². The number of rotatable bonds is 3. The minimum atomic E-state index is -0.515. The molecule has 1 saturated carbocycles. The molecule has 1 saturated heterocycles. The van der Waals surface area contributed by atoms with E-state index < -0.39 is 5.60 Å². The Kier molecular flexibility index (Phi) is 4.30. The highest BCUT2D eigenvalue weighted by atomic mass is 35.5. The number of hydrogen-bond acceptors (Lipinski definition) is 3. The molecule has 0 radical (unpaired) electrons. The summed E-state index contributed by atoms with van der Waals surface area (Å²) in [5, 5.41) is 0.682. The number of amides is 1. The van der Waals surface area contributed by atoms with Crippen molar-refractivity contribution in [3.05, 3.63) is 47.4 Å². The number of aromatic amines is 1. The predicted molar refractivity (Wildman–Crippen MR) is 106 cm³/mol. The number of nitrogens with zero attached hydrogens (tertiary/aromatic N) is 2. The second-order valence-corrected chi connectivity index (χ2v) is 8.73. The van der Waals surface area contributed by atoms with Gasteiger partial charge in [-0.3, -0.25) is 4.90 Å². The summed E-state index contributed by atoms with van der Waals surface area (Å²) < 4.78 is 5.64. The lowest BCUT2D eigenvalue weighted by Crippen LogP contribution is -2.38. The minimum Gasteiger partial charge on any atom is -0.444 e. The Morgan fingerprint density at radius 2 is 2.04 bits per heavy atom. The Bertz CT molecular complexity index is 882. The van der Waals surface area contributed by atoms with Crippen molar-refractivity contribution in [2.75, 3.05) is 0 Å². The summed E-state index contributed by atoms with van der Waals surface area (Å²) in [7, 11) is 0. The number of ether oxygens (including phenoxy) is 1. The fourth-order valence-electron chi connectivity index (χ4n) is 3.82. The van der Waals surface area contributed by atoms with Gasteiger partial charge in [-0.2, -0.15) is 0 Å². The first-order chi connectivity index (χ1) is 12.8. The van der Waals surface area contributed by atoms with Crippen LogP contribution in [-0.2, 0) is 4.74 Å². The number of imidazole rings is 1. The number of hydrogen-bond donors (Lipinski definition) is 1. The lowest BCUT2D eigenvalue weighted by molar-refractivity contribution is 0.0175. The second kappa shape index (κ2) is 6.41. The Morgan fingerprint density at radius 3 is 2.67 bits per heavy atom. The van der Waals surface area contributed by atoms with E-state index in [0.717, 1.165) is 35.6 Å². The molecular weight excluding hydrogens is 362 g/mol. The zero-order valence-electron chi connectivity index (χ0n) is 15.8. The van der Waals surface area contributed by atoms with Gasteiger partial charge in [-0.05, 0) is 57.7 Å². The van der Waals surface area contributed by atoms with Crippen LogP contribution in [0.15, 0.2) is 30.8 Å². The molecule has 2 aliphatic rings. The van der Waals surface area contributed by atoms with Crippen LogP contribution < -0.4 is 0 Å². The molecule has 5 nitrogen and oxygen atoms in total. The maximum atomic E-state index is 12.8. The van der Waals surface area contributed by atoms with E-state index in [4.69, 9.17) is 21.3 Å². The highest BCUT2D eigenvalue weighted by Gasteiger charge is 2.56. The minimum absolute atomic E-state index is 0.0941. The third-order valence-electron chi connectivity index (χ3n) is 5.10. The topological polar surface area (TPSA) is 58.2 Å². The second-order valence-electron chi connectivity index (χ2n) is 8.30. The van der Waals surface area contributed by atoms with Crippen LogP contribution in [0, 0.1) is 5.92 Å². The Balaban J connectivity index is 1.65. The van der Waals surface area contributed by atoms with Crippen molar-refractivity contribution in [1.82, 2.24) is 14.9 Å². The molecule has 1 aromatic heterocycles. The van der Waals surface area contributed by atoms with Crippen LogP contribution >= 0.6 is 11.6 Å². The molecule has 1 aromatic carbocycles. The molecule has 27 heavy (non-hydrogen) atoms. The molecule has 4 rings (SSSR count). The van der Waals surface area contributed by atoms with Crippen molar-refractivity contribution in [3.8, 4) is 11.3 Å². The van der Waals surface area contributed by atoms with Gasteiger partial charge in [-0.1, -0.05) is 30.3 Å². The summed E-state index contributed by atoms with van der Waals surface area (Å²) in [4.78, 5) is 22.8. The molecule has 2 fully saturated rings. The number of H-pyrrole nitrogens is 1. The summed E-state index contributed by atoms with van der Waals surface area (Å²) in [5.74, 6) is 1.33. The molecule has 0 bridgehead atoms. The normalized spacial score (nSPS) is 23.9. The fraction of sp³-hybridized carbons (Fsp3) is 0.429. The first-order valence-electron chi connectivity index (χ1n) is 9.26. The molecule has 142 valence electrons. The van der Waals surface area contributed by atoms with Crippen molar-refractivity contribution < 1.29 is 9.53 Å². The zero-order chi connectivity index (χ0) is 19.3. The van der Waals surface area contributed by atoms with Gasteiger partial charge in [-0.15, -0.1) is 0 Å². The standard InChI is InChI=1S/C21H24ClN3O2/c1-5-15-18(12-6-8-14(22)9-7-12)24-19(23-15)17-11-13-10-16(13)25(17)20(26)27-21(2,3)4/h5-9,13,16-17H,1,10-11H2,2-4H3,(H,23,24). The van der Waals surface area contributed by atoms with Crippen LogP contribution in [0.2, 0.25) is 5.02 Å². The molecule has 3 atom stereocenters. The van der Waals surface area contributed by atoms with Crippen molar-refractivity contribution in [2.24, 2.45) is 5.92 Å². The zero-order valence-corrected chi connectivity index (χ0v) is 16.6. The Morgan fingerprint density at radius 1 is 1.33 bits per heavy atom. The molecule has 6 heteroatoms. The highest BCUT2D eigenvalue weighted by Crippen LogP contribution is 2.53. The van der Waals surface area contributed by atoms with Gasteiger partial charge in [0.25, 0.3) is 0 Å². The number of carbonyl (C=O) groups excluding carboxylic acids is 1. The summed E-state index contributed by atoms with van der Waals surface area (Å²) in [5.41, 5.74) is 2.11. The molecule has 2 heterocycles. The number of halogens is 1. The van der Waals surface area contributed by atoms with E-state index in [-0.39, 0.29) is 18.2 Å². The molecular formula is C21H24ClN3O2. The van der Waals surface area contributed by atoms with Gasteiger partial charge < -0.3 is 9.72 Å². The highest BCUT2D eigenvalue weighted by molar-refractivity contribution is 6.30. The van der Waals surface area contributed by atoms with E-state index in [1.807, 2.05) is 49.9 Å². The van der Waals surface area contributed by atoms with Gasteiger partial charge >= 0.3 is 6.09 Å². The number of fused-ring (bicyclic) bond motifs is 1. The fourth-order valence-corrected chi connectivity index (χ4v) is 3.94. The van der Waals surface area contributed by atoms with Crippen LogP contribution in [0.3, 0.4) is 0 Å². The molecule has 2 aromatic rings. The summed E-state index contributed by atoms with van der Waals surface area (Å²) >= 11 is 6.00. The molecule has 0 spiro atoms. The Hall–Kier alpha value is -2.27. The lowest BCUT2D eigenvalue weighted by atomic mass is 10.1. The number of aromatic nitrogens is 2. The van der Waals surface area contributed by atoms with E-state index in [0.29, 0.717) is 10.9 Å². The van der Waals surface area contributed by atoms with E-state index in [9.17, 15) is 4.79 Å². The van der Waals surface area contributed by atoms with Gasteiger partial charge in [0.15, 0.2) is 0 Å². The lowest BCUT2D eigenvalue weighted by Gasteiger charge is -2.29. The molecule has 1 amide bonds. The van der Waals surface area contributed by atoms with Crippen molar-refractivity contribution in [3.63, 3.8) is 0 Å². The van der Waals surface area contributed by atoms with Crippen LogP contribution in [-0.4, -0.2) is 32.6 Å². The average molecular weight is 386 g/mol. The first-order valence-corrected chi connectivity index (χ1v) is 9.64. The van der Waals surface area contributed by atoms with E-state index in [1.54, 1.807) is 6.08 Å². The predicted octanol–water partition coefficient (Wildman–Crippen LogP) is 5.44. The largest absolute Gasteiger partial charge is 0.444 e. The van der Waals surface area contributed by atoms with Crippen LogP contribution in [0.4, 0.5) is 4.79 Å². The molecule has 1 aliphatic carbocycles. The van der Waals surface area contributed by atoms with Crippen molar-refractivity contribution in [1.29, 1.82) is 0 Å². The average Bonchev–Trinajstić information content (AvgIpc) is 3.05. The van der Waals surface area contributed by atoms with E-state index in [1.165, 1.54) is 0 Å². The molecule has 1 aliphatic heterocycles. The SMILES string of the molecule is C=Cc1[nH]c(C2CC3CC3N2C(=O)OC(C)(C)C)nc1-c1ccc(Cl)cc1. The summed E-state index contributed by atoms with van der Waals surface area (Å²) in [6.07, 6.45) is 3.46. The van der Waals surface area contributed by atoms with Gasteiger partial charge in [0.2, 0.25) is 0 Å². The maximum Gasteiger partial charge on any atom is 0.411 e. The van der Waals surface area contributed by atoms with Crippen LogP contribution in [0.25, 0.3) is 17.3 Å². The maximum absolute atomic E-state index is 12.8. The van der Waals surface area contributed by atoms with E-state index >= 15 is 0 Å². The van der Waals surface area contributed by atoms with E-state index in [2.05, 4.69) is 11.6 Å². The quantitative estimate of drug-likeness (QED) is 0.764. The van der Waals surface area contributed by atoms with Gasteiger partial charge in [0, 0.05) is 16.6 Å². The smallest absolute Gasteiger partial charge is 0.411 e. The molecule has 1 N–H and O–H groups in total. The van der Waals surface area contributed by atoms with Crippen LogP contribution in [0.1, 0.15) is 51.2 Å². The van der Waals surface area contributed by atoms with Gasteiger partial charge in [0.05, 0.1) is 17.4 Å². The number of piperidine rings is 1. The third-order valence-corrected chi connectivity index (χ3v) is 5.35. The first kappa shape index (κ1) is 18.1. The van der Waals surface area contributed by atoms with Crippen molar-refractivity contribution >= 4 is 23.8 Å². The summed E-state index contributed by atoms with van der Waals surface area (Å²) in [6, 6.07) is 7.73. The number of likely N-dealkylation sites (tertiary alicyclic amines) is 1. The number of nitrogens with one attached hydrogen (secondary N) is 1. The Labute approximate surface area is 164 Å². The third kappa shape index (κ3) is 3.48. The number of carbonyl (C=O) groups is 1. The van der Waals surface area contributed by atoms with Gasteiger partial charge in [-0.25, -0.2) is 9.78 Å².